The monoisotopic (exact) mass is 256 g/mol. The van der Waals surface area contributed by atoms with Gasteiger partial charge in [-0.1, -0.05) is 35.9 Å². The van der Waals surface area contributed by atoms with Gasteiger partial charge in [0.1, 0.15) is 5.75 Å². The highest BCUT2D eigenvalue weighted by Gasteiger charge is 2.04. The van der Waals surface area contributed by atoms with Gasteiger partial charge in [-0.3, -0.25) is 0 Å². The second kappa shape index (κ2) is 4.63. The average Bonchev–Trinajstić information content (AvgIpc) is 2.41. The van der Waals surface area contributed by atoms with E-state index in [2.05, 4.69) is 9.97 Å². The maximum atomic E-state index is 6.02. The van der Waals surface area contributed by atoms with Crippen molar-refractivity contribution in [2.45, 2.75) is 0 Å². The number of hydrogen-bond acceptors (Lipinski definition) is 3. The van der Waals surface area contributed by atoms with E-state index in [1.807, 2.05) is 36.4 Å². The third-order valence-corrected chi connectivity index (χ3v) is 2.79. The molecule has 0 saturated carbocycles. The van der Waals surface area contributed by atoms with Crippen molar-refractivity contribution < 1.29 is 4.74 Å². The molecule has 0 bridgehead atoms. The smallest absolute Gasteiger partial charge is 0.238 e. The SMILES string of the molecule is Clc1ccccc1Oc1cnc2ccccc2n1. The molecular weight excluding hydrogens is 248 g/mol. The molecule has 0 aliphatic rings. The van der Waals surface area contributed by atoms with Crippen LogP contribution in [0.2, 0.25) is 5.02 Å². The first-order valence-electron chi connectivity index (χ1n) is 5.47. The van der Waals surface area contributed by atoms with Crippen molar-refractivity contribution in [1.29, 1.82) is 0 Å². The van der Waals surface area contributed by atoms with Gasteiger partial charge in [-0.25, -0.2) is 9.97 Å². The second-order valence-corrected chi connectivity index (χ2v) is 4.14. The Balaban J connectivity index is 1.98. The normalized spacial score (nSPS) is 10.5. The minimum absolute atomic E-state index is 0.432. The van der Waals surface area contributed by atoms with Gasteiger partial charge in [0.25, 0.3) is 0 Å². The van der Waals surface area contributed by atoms with Crippen molar-refractivity contribution in [3.05, 3.63) is 59.8 Å². The fourth-order valence-electron chi connectivity index (χ4n) is 1.63. The van der Waals surface area contributed by atoms with Crippen LogP contribution < -0.4 is 4.74 Å². The molecule has 1 heterocycles. The lowest BCUT2D eigenvalue weighted by atomic mass is 10.3. The summed E-state index contributed by atoms with van der Waals surface area (Å²) in [6, 6.07) is 14.9. The highest BCUT2D eigenvalue weighted by Crippen LogP contribution is 2.27. The Morgan fingerprint density at radius 2 is 1.61 bits per heavy atom. The van der Waals surface area contributed by atoms with Crippen LogP contribution in [0.4, 0.5) is 0 Å². The van der Waals surface area contributed by atoms with Crippen LogP contribution >= 0.6 is 11.6 Å². The van der Waals surface area contributed by atoms with E-state index >= 15 is 0 Å². The van der Waals surface area contributed by atoms with Gasteiger partial charge >= 0.3 is 0 Å². The third kappa shape index (κ3) is 2.13. The molecule has 1 aromatic heterocycles. The lowest BCUT2D eigenvalue weighted by Gasteiger charge is -2.06. The molecule has 18 heavy (non-hydrogen) atoms. The van der Waals surface area contributed by atoms with Crippen LogP contribution in [0.15, 0.2) is 54.7 Å². The van der Waals surface area contributed by atoms with Gasteiger partial charge in [-0.2, -0.15) is 0 Å². The molecule has 0 unspecified atom stereocenters. The average molecular weight is 257 g/mol. The van der Waals surface area contributed by atoms with E-state index in [1.54, 1.807) is 18.3 Å². The Labute approximate surface area is 109 Å². The third-order valence-electron chi connectivity index (χ3n) is 2.48. The lowest BCUT2D eigenvalue weighted by Crippen LogP contribution is -1.91. The van der Waals surface area contributed by atoms with Crippen LogP contribution in [-0.2, 0) is 0 Å². The molecule has 0 aliphatic heterocycles. The number of hydrogen-bond donors (Lipinski definition) is 0. The van der Waals surface area contributed by atoms with Crippen LogP contribution in [0.3, 0.4) is 0 Å². The van der Waals surface area contributed by atoms with Crippen LogP contribution in [-0.4, -0.2) is 9.97 Å². The van der Waals surface area contributed by atoms with Crippen molar-refractivity contribution >= 4 is 22.6 Å². The molecular formula is C14H9ClN2O. The van der Waals surface area contributed by atoms with Crippen molar-refractivity contribution in [1.82, 2.24) is 9.97 Å². The van der Waals surface area contributed by atoms with E-state index in [0.717, 1.165) is 11.0 Å². The van der Waals surface area contributed by atoms with Crippen molar-refractivity contribution in [2.75, 3.05) is 0 Å². The molecule has 0 amide bonds. The van der Waals surface area contributed by atoms with Crippen molar-refractivity contribution in [3.8, 4) is 11.6 Å². The Morgan fingerprint density at radius 3 is 2.44 bits per heavy atom. The zero-order valence-corrected chi connectivity index (χ0v) is 10.1. The fraction of sp³-hybridized carbons (Fsp3) is 0. The summed E-state index contributed by atoms with van der Waals surface area (Å²) in [7, 11) is 0. The maximum Gasteiger partial charge on any atom is 0.238 e. The van der Waals surface area contributed by atoms with Crippen LogP contribution in [0.25, 0.3) is 11.0 Å². The molecule has 3 nitrogen and oxygen atoms in total. The van der Waals surface area contributed by atoms with Gasteiger partial charge in [0, 0.05) is 0 Å². The summed E-state index contributed by atoms with van der Waals surface area (Å²) < 4.78 is 5.61. The van der Waals surface area contributed by atoms with Crippen LogP contribution in [0, 0.1) is 0 Å². The largest absolute Gasteiger partial charge is 0.436 e. The highest BCUT2D eigenvalue weighted by molar-refractivity contribution is 6.32. The molecule has 0 radical (unpaired) electrons. The molecule has 0 aliphatic carbocycles. The number of nitrogens with zero attached hydrogens (tertiary/aromatic N) is 2. The summed E-state index contributed by atoms with van der Waals surface area (Å²) in [4.78, 5) is 8.64. The number of benzene rings is 2. The number of ether oxygens (including phenoxy) is 1. The molecule has 2 aromatic carbocycles. The maximum absolute atomic E-state index is 6.02. The molecule has 0 fully saturated rings. The summed E-state index contributed by atoms with van der Waals surface area (Å²) >= 11 is 6.02. The standard InChI is InChI=1S/C14H9ClN2O/c15-10-5-1-4-8-13(10)18-14-9-16-11-6-2-3-7-12(11)17-14/h1-9H. The summed E-state index contributed by atoms with van der Waals surface area (Å²) in [5.41, 5.74) is 1.63. The van der Waals surface area contributed by atoms with Crippen molar-refractivity contribution in [3.63, 3.8) is 0 Å². The topological polar surface area (TPSA) is 35.0 Å². The van der Waals surface area contributed by atoms with Gasteiger partial charge in [0.2, 0.25) is 5.88 Å². The van der Waals surface area contributed by atoms with Gasteiger partial charge < -0.3 is 4.74 Å². The Kier molecular flexibility index (Phi) is 2.82. The number of aromatic nitrogens is 2. The van der Waals surface area contributed by atoms with Crippen LogP contribution in [0.1, 0.15) is 0 Å². The first kappa shape index (κ1) is 11.0. The second-order valence-electron chi connectivity index (χ2n) is 3.73. The molecule has 3 aromatic rings. The number of para-hydroxylation sites is 3. The van der Waals surface area contributed by atoms with E-state index in [-0.39, 0.29) is 0 Å². The number of halogens is 1. The molecule has 4 heteroatoms. The molecule has 3 rings (SSSR count). The summed E-state index contributed by atoms with van der Waals surface area (Å²) in [6.45, 7) is 0. The predicted molar refractivity (Wildman–Crippen MR) is 71.1 cm³/mol. The van der Waals surface area contributed by atoms with Gasteiger partial charge in [-0.15, -0.1) is 0 Å². The molecule has 0 spiro atoms. The van der Waals surface area contributed by atoms with Gasteiger partial charge in [0.15, 0.2) is 0 Å². The first-order valence-corrected chi connectivity index (χ1v) is 5.85. The molecule has 0 N–H and O–H groups in total. The van der Waals surface area contributed by atoms with Crippen molar-refractivity contribution in [2.24, 2.45) is 0 Å². The molecule has 88 valence electrons. The van der Waals surface area contributed by atoms with Crippen LogP contribution in [0.5, 0.6) is 11.6 Å². The van der Waals surface area contributed by atoms with E-state index in [9.17, 15) is 0 Å². The summed E-state index contributed by atoms with van der Waals surface area (Å²) in [6.07, 6.45) is 1.59. The van der Waals surface area contributed by atoms with E-state index < -0.39 is 0 Å². The number of fused-ring (bicyclic) bond motifs is 1. The molecule has 0 atom stereocenters. The Hall–Kier alpha value is -2.13. The van der Waals surface area contributed by atoms with E-state index in [1.165, 1.54) is 0 Å². The van der Waals surface area contributed by atoms with Gasteiger partial charge in [0.05, 0.1) is 22.3 Å². The fourth-order valence-corrected chi connectivity index (χ4v) is 1.80. The lowest BCUT2D eigenvalue weighted by molar-refractivity contribution is 0.463. The zero-order valence-electron chi connectivity index (χ0n) is 9.38. The van der Waals surface area contributed by atoms with E-state index in [4.69, 9.17) is 16.3 Å². The first-order chi connectivity index (χ1) is 8.83. The predicted octanol–water partition coefficient (Wildman–Crippen LogP) is 4.08. The zero-order chi connectivity index (χ0) is 12.4. The number of rotatable bonds is 2. The minimum atomic E-state index is 0.432. The van der Waals surface area contributed by atoms with E-state index in [0.29, 0.717) is 16.7 Å². The quantitative estimate of drug-likeness (QED) is 0.693. The minimum Gasteiger partial charge on any atom is -0.436 e. The summed E-state index contributed by atoms with van der Waals surface area (Å²) in [5.74, 6) is 1.01. The highest BCUT2D eigenvalue weighted by atomic mass is 35.5. The Morgan fingerprint density at radius 1 is 0.889 bits per heavy atom. The molecule has 0 saturated heterocycles. The van der Waals surface area contributed by atoms with Gasteiger partial charge in [-0.05, 0) is 24.3 Å². The Bertz CT molecular complexity index is 700. The summed E-state index contributed by atoms with van der Waals surface area (Å²) in [5, 5.41) is 0.549.